The highest BCUT2D eigenvalue weighted by atomic mass is 16.7. The highest BCUT2D eigenvalue weighted by Crippen LogP contribution is 2.84. The highest BCUT2D eigenvalue weighted by Gasteiger charge is 2.95. The molecule has 0 aromatic carbocycles. The molecular weight excluding hydrogens is 444 g/mol. The van der Waals surface area contributed by atoms with Crippen molar-refractivity contribution in [3.63, 3.8) is 0 Å². The van der Waals surface area contributed by atoms with E-state index in [1.165, 1.54) is 0 Å². The van der Waals surface area contributed by atoms with Gasteiger partial charge in [-0.3, -0.25) is 9.59 Å². The van der Waals surface area contributed by atoms with Gasteiger partial charge in [-0.25, -0.2) is 0 Å². The van der Waals surface area contributed by atoms with Gasteiger partial charge in [0.1, 0.15) is 17.3 Å². The van der Waals surface area contributed by atoms with Crippen molar-refractivity contribution in [2.45, 2.75) is 99.8 Å². The Labute approximate surface area is 196 Å². The number of carbonyl (C=O) groups excluding carboxylic acids is 1. The number of aliphatic hydroxyl groups is 2. The summed E-state index contributed by atoms with van der Waals surface area (Å²) in [6.07, 6.45) is 3.22. The van der Waals surface area contributed by atoms with Crippen LogP contribution < -0.4 is 4.74 Å². The van der Waals surface area contributed by atoms with Crippen molar-refractivity contribution >= 4 is 11.9 Å². The number of hydrogen-bond acceptors (Lipinski definition) is 8. The second-order valence-corrected chi connectivity index (χ2v) is 11.5. The van der Waals surface area contributed by atoms with Crippen LogP contribution in [0.25, 0.3) is 0 Å². The Morgan fingerprint density at radius 3 is 2.71 bits per heavy atom. The number of epoxide rings is 2. The number of carbonyl (C=O) groups is 2. The minimum Gasteiger partial charge on any atom is -0.481 e. The lowest BCUT2D eigenvalue weighted by Crippen LogP contribution is -2.78. The molecule has 0 radical (unpaired) electrons. The van der Waals surface area contributed by atoms with Crippen LogP contribution in [-0.4, -0.2) is 62.4 Å². The molecule has 9 atom stereocenters. The van der Waals surface area contributed by atoms with E-state index in [1.807, 2.05) is 0 Å². The Morgan fingerprint density at radius 1 is 1.24 bits per heavy atom. The number of rotatable bonds is 5. The summed E-state index contributed by atoms with van der Waals surface area (Å²) >= 11 is 0. The molecule has 2 aliphatic heterocycles. The molecule has 1 aromatic rings. The van der Waals surface area contributed by atoms with E-state index in [4.69, 9.17) is 23.7 Å². The summed E-state index contributed by atoms with van der Waals surface area (Å²) in [5.74, 6) is -1.59. The summed E-state index contributed by atoms with van der Waals surface area (Å²) in [6, 6.07) is 0. The van der Waals surface area contributed by atoms with Gasteiger partial charge in [-0.05, 0) is 43.9 Å². The van der Waals surface area contributed by atoms with Crippen molar-refractivity contribution in [2.75, 3.05) is 0 Å². The standard InChI is InChI=1S/C25H30O9/c1-11(2)24-19(34-24)14-6-7-22(14)23(30)8-5-12-13(15(23)9-16-25(22,33-16)21(24)29)10-31-20(12)32-18(28)4-3-17(26)27/h10-11,14-16,19,21,29-30H,3-9H2,1-2H3,(H,26,27). The average molecular weight is 475 g/mol. The zero-order valence-corrected chi connectivity index (χ0v) is 19.3. The minimum absolute atomic E-state index is 0.0639. The van der Waals surface area contributed by atoms with E-state index in [0.717, 1.165) is 24.0 Å². The first-order valence-electron chi connectivity index (χ1n) is 12.4. The molecule has 5 fully saturated rings. The molecule has 184 valence electrons. The molecule has 3 heterocycles. The fraction of sp³-hybridized carbons (Fsp3) is 0.760. The number of aliphatic carboxylic acids is 1. The highest BCUT2D eigenvalue weighted by molar-refractivity contribution is 5.78. The van der Waals surface area contributed by atoms with Crippen LogP contribution in [0.5, 0.6) is 5.95 Å². The number of ether oxygens (including phenoxy) is 3. The van der Waals surface area contributed by atoms with Crippen LogP contribution in [0.4, 0.5) is 0 Å². The Bertz CT molecular complexity index is 1110. The molecule has 3 N–H and O–H groups in total. The smallest absolute Gasteiger partial charge is 0.314 e. The van der Waals surface area contributed by atoms with Crippen LogP contribution in [-0.2, 0) is 25.5 Å². The largest absolute Gasteiger partial charge is 0.481 e. The van der Waals surface area contributed by atoms with Crippen molar-refractivity contribution in [2.24, 2.45) is 17.3 Å². The van der Waals surface area contributed by atoms with Gasteiger partial charge in [-0.1, -0.05) is 13.8 Å². The first-order valence-corrected chi connectivity index (χ1v) is 12.4. The van der Waals surface area contributed by atoms with Gasteiger partial charge in [0.05, 0.1) is 36.9 Å². The van der Waals surface area contributed by atoms with E-state index in [2.05, 4.69) is 13.8 Å². The minimum atomic E-state index is -1.08. The number of carboxylic acid groups (broad SMARTS) is 1. The van der Waals surface area contributed by atoms with Gasteiger partial charge in [0.15, 0.2) is 0 Å². The van der Waals surface area contributed by atoms with Crippen LogP contribution in [0.2, 0.25) is 0 Å². The van der Waals surface area contributed by atoms with Crippen LogP contribution in [0.15, 0.2) is 10.7 Å². The van der Waals surface area contributed by atoms with Crippen LogP contribution >= 0.6 is 0 Å². The van der Waals surface area contributed by atoms with Gasteiger partial charge in [0, 0.05) is 22.5 Å². The van der Waals surface area contributed by atoms with Gasteiger partial charge >= 0.3 is 11.9 Å². The number of esters is 1. The maximum Gasteiger partial charge on any atom is 0.314 e. The number of fused-ring (bicyclic) bond motifs is 5. The molecule has 2 saturated heterocycles. The summed E-state index contributed by atoms with van der Waals surface area (Å²) < 4.78 is 23.7. The molecule has 34 heavy (non-hydrogen) atoms. The number of carboxylic acids is 1. The Morgan fingerprint density at radius 2 is 2.03 bits per heavy atom. The van der Waals surface area contributed by atoms with Crippen LogP contribution in [0.3, 0.4) is 0 Å². The molecule has 1 aromatic heterocycles. The second-order valence-electron chi connectivity index (χ2n) is 11.5. The van der Waals surface area contributed by atoms with Crippen molar-refractivity contribution in [3.05, 3.63) is 17.4 Å². The molecule has 2 spiro atoms. The van der Waals surface area contributed by atoms with E-state index in [-0.39, 0.29) is 48.7 Å². The lowest BCUT2D eigenvalue weighted by atomic mass is 9.34. The lowest BCUT2D eigenvalue weighted by Gasteiger charge is -2.68. The van der Waals surface area contributed by atoms with Gasteiger partial charge in [-0.15, -0.1) is 0 Å². The molecule has 0 bridgehead atoms. The van der Waals surface area contributed by atoms with Crippen molar-refractivity contribution < 1.29 is 43.5 Å². The third-order valence-corrected chi connectivity index (χ3v) is 10.3. The van der Waals surface area contributed by atoms with E-state index in [1.54, 1.807) is 6.26 Å². The second kappa shape index (κ2) is 6.24. The third kappa shape index (κ3) is 2.10. The molecular formula is C25H30O9. The van der Waals surface area contributed by atoms with E-state index in [0.29, 0.717) is 19.3 Å². The van der Waals surface area contributed by atoms with E-state index < -0.39 is 40.3 Å². The number of aliphatic hydroxyl groups excluding tert-OH is 1. The fourth-order valence-corrected chi connectivity index (χ4v) is 8.77. The summed E-state index contributed by atoms with van der Waals surface area (Å²) in [5.41, 5.74) is -1.43. The fourth-order valence-electron chi connectivity index (χ4n) is 8.77. The summed E-state index contributed by atoms with van der Waals surface area (Å²) in [7, 11) is 0. The summed E-state index contributed by atoms with van der Waals surface area (Å²) in [4.78, 5) is 22.9. The van der Waals surface area contributed by atoms with E-state index in [9.17, 15) is 19.8 Å². The van der Waals surface area contributed by atoms with Crippen LogP contribution in [0, 0.1) is 17.3 Å². The SMILES string of the molecule is CC(C)C12OC1C1CCC13C1(O)CCc4c(coc4OC(=O)CCC(=O)O)C1CC1OC13C2O. The van der Waals surface area contributed by atoms with Gasteiger partial charge in [0.25, 0.3) is 5.95 Å². The number of hydrogen-bond donors (Lipinski definition) is 3. The van der Waals surface area contributed by atoms with E-state index >= 15 is 0 Å². The first-order chi connectivity index (χ1) is 16.1. The Kier molecular flexibility index (Phi) is 3.92. The molecule has 9 unspecified atom stereocenters. The average Bonchev–Trinajstić information content (AvgIpc) is 3.63. The monoisotopic (exact) mass is 474 g/mol. The lowest BCUT2D eigenvalue weighted by molar-refractivity contribution is -0.264. The molecule has 6 aliphatic rings. The zero-order valence-electron chi connectivity index (χ0n) is 19.3. The number of furan rings is 1. The molecule has 9 nitrogen and oxygen atoms in total. The van der Waals surface area contributed by atoms with Gasteiger partial charge in [0.2, 0.25) is 0 Å². The quantitative estimate of drug-likeness (QED) is 0.431. The molecule has 9 heteroatoms. The molecule has 7 rings (SSSR count). The maximum atomic E-state index is 12.5. The molecule has 0 amide bonds. The van der Waals surface area contributed by atoms with Crippen molar-refractivity contribution in [3.8, 4) is 5.95 Å². The summed E-state index contributed by atoms with van der Waals surface area (Å²) in [5, 5.41) is 32.9. The van der Waals surface area contributed by atoms with Crippen LogP contribution in [0.1, 0.15) is 69.4 Å². The Balaban J connectivity index is 1.23. The predicted octanol–water partition coefficient (Wildman–Crippen LogP) is 1.92. The maximum absolute atomic E-state index is 12.5. The third-order valence-electron chi connectivity index (χ3n) is 10.3. The van der Waals surface area contributed by atoms with Crippen molar-refractivity contribution in [1.82, 2.24) is 0 Å². The summed E-state index contributed by atoms with van der Waals surface area (Å²) in [6.45, 7) is 4.17. The van der Waals surface area contributed by atoms with Crippen molar-refractivity contribution in [1.29, 1.82) is 0 Å². The zero-order chi connectivity index (χ0) is 23.8. The van der Waals surface area contributed by atoms with Gasteiger partial charge in [-0.2, -0.15) is 0 Å². The Hall–Kier alpha value is -1.94. The molecule has 3 saturated carbocycles. The first kappa shape index (κ1) is 21.4. The predicted molar refractivity (Wildman–Crippen MR) is 113 cm³/mol. The van der Waals surface area contributed by atoms with Gasteiger partial charge < -0.3 is 33.9 Å². The molecule has 4 aliphatic carbocycles. The topological polar surface area (TPSA) is 142 Å². The normalized spacial score (nSPS) is 48.8.